The number of carbonyl (C=O) groups is 1. The van der Waals surface area contributed by atoms with Crippen LogP contribution in [0.15, 0.2) is 58.1 Å². The summed E-state index contributed by atoms with van der Waals surface area (Å²) in [6.07, 6.45) is 1.71. The summed E-state index contributed by atoms with van der Waals surface area (Å²) in [5.74, 6) is 1.09. The SMILES string of the molecule is Cc1cc(C)cc(CSCC(=O)N/N=C\c2cc(C)n(-c3cccc(Br)c3)c2C)c1. The van der Waals surface area contributed by atoms with Gasteiger partial charge in [-0.15, -0.1) is 11.8 Å². The van der Waals surface area contributed by atoms with Crippen LogP contribution < -0.4 is 5.43 Å². The van der Waals surface area contributed by atoms with Gasteiger partial charge in [0.15, 0.2) is 0 Å². The summed E-state index contributed by atoms with van der Waals surface area (Å²) in [7, 11) is 0. The van der Waals surface area contributed by atoms with E-state index in [-0.39, 0.29) is 5.91 Å². The van der Waals surface area contributed by atoms with Gasteiger partial charge in [-0.3, -0.25) is 4.79 Å². The number of rotatable bonds is 7. The molecule has 156 valence electrons. The molecular weight excluding hydrogens is 458 g/mol. The first-order chi connectivity index (χ1) is 14.3. The van der Waals surface area contributed by atoms with E-state index in [0.717, 1.165) is 32.9 Å². The molecule has 3 aromatic rings. The van der Waals surface area contributed by atoms with Crippen LogP contribution in [0.3, 0.4) is 0 Å². The second-order valence-corrected chi connectivity index (χ2v) is 9.32. The molecule has 30 heavy (non-hydrogen) atoms. The lowest BCUT2D eigenvalue weighted by Gasteiger charge is -2.09. The molecule has 1 amide bonds. The maximum absolute atomic E-state index is 12.1. The van der Waals surface area contributed by atoms with E-state index in [1.54, 1.807) is 18.0 Å². The van der Waals surface area contributed by atoms with Crippen LogP contribution in [0.4, 0.5) is 0 Å². The highest BCUT2D eigenvalue weighted by Crippen LogP contribution is 2.22. The van der Waals surface area contributed by atoms with Gasteiger partial charge < -0.3 is 4.57 Å². The number of hydrogen-bond donors (Lipinski definition) is 1. The lowest BCUT2D eigenvalue weighted by molar-refractivity contribution is -0.118. The molecule has 0 aliphatic heterocycles. The maximum atomic E-state index is 12.1. The fraction of sp³-hybridized carbons (Fsp3) is 0.250. The summed E-state index contributed by atoms with van der Waals surface area (Å²) in [4.78, 5) is 12.1. The normalized spacial score (nSPS) is 11.2. The molecule has 2 aromatic carbocycles. The molecule has 0 atom stereocenters. The first-order valence-electron chi connectivity index (χ1n) is 9.75. The Hall–Kier alpha value is -2.31. The van der Waals surface area contributed by atoms with Gasteiger partial charge in [-0.2, -0.15) is 5.10 Å². The predicted molar refractivity (Wildman–Crippen MR) is 131 cm³/mol. The van der Waals surface area contributed by atoms with E-state index in [1.165, 1.54) is 16.7 Å². The van der Waals surface area contributed by atoms with E-state index in [4.69, 9.17) is 0 Å². The van der Waals surface area contributed by atoms with Crippen LogP contribution in [0, 0.1) is 27.7 Å². The second-order valence-electron chi connectivity index (χ2n) is 7.42. The monoisotopic (exact) mass is 483 g/mol. The molecule has 0 radical (unpaired) electrons. The number of aromatic nitrogens is 1. The van der Waals surface area contributed by atoms with Crippen LogP contribution in [0.1, 0.15) is 33.6 Å². The smallest absolute Gasteiger partial charge is 0.250 e. The molecule has 4 nitrogen and oxygen atoms in total. The zero-order valence-electron chi connectivity index (χ0n) is 17.7. The predicted octanol–water partition coefficient (Wildman–Crippen LogP) is 5.86. The van der Waals surface area contributed by atoms with Crippen LogP contribution in [-0.4, -0.2) is 22.4 Å². The molecule has 3 rings (SSSR count). The van der Waals surface area contributed by atoms with Gasteiger partial charge in [-0.05, 0) is 57.5 Å². The summed E-state index contributed by atoms with van der Waals surface area (Å²) in [5, 5.41) is 4.16. The summed E-state index contributed by atoms with van der Waals surface area (Å²) < 4.78 is 3.21. The van der Waals surface area contributed by atoms with E-state index in [1.807, 2.05) is 12.1 Å². The van der Waals surface area contributed by atoms with Gasteiger partial charge in [0.05, 0.1) is 12.0 Å². The average molecular weight is 484 g/mol. The minimum Gasteiger partial charge on any atom is -0.318 e. The Balaban J connectivity index is 1.56. The number of hydrogen-bond acceptors (Lipinski definition) is 3. The summed E-state index contributed by atoms with van der Waals surface area (Å²) >= 11 is 5.12. The number of nitrogens with zero attached hydrogens (tertiary/aromatic N) is 2. The van der Waals surface area contributed by atoms with Crippen molar-refractivity contribution in [3.63, 3.8) is 0 Å². The Kier molecular flexibility index (Phi) is 7.56. The van der Waals surface area contributed by atoms with Crippen molar-refractivity contribution in [3.05, 3.63) is 86.6 Å². The third kappa shape index (κ3) is 5.86. The summed E-state index contributed by atoms with van der Waals surface area (Å²) in [6.45, 7) is 8.30. The Bertz CT molecular complexity index is 1070. The molecule has 0 aliphatic carbocycles. The van der Waals surface area contributed by atoms with Crippen molar-refractivity contribution >= 4 is 39.8 Å². The van der Waals surface area contributed by atoms with Gasteiger partial charge in [-0.1, -0.05) is 51.3 Å². The Morgan fingerprint density at radius 1 is 1.10 bits per heavy atom. The Morgan fingerprint density at radius 3 is 2.53 bits per heavy atom. The van der Waals surface area contributed by atoms with E-state index in [9.17, 15) is 4.79 Å². The third-order valence-corrected chi connectivity index (χ3v) is 6.21. The molecule has 0 saturated carbocycles. The van der Waals surface area contributed by atoms with E-state index in [2.05, 4.69) is 95.1 Å². The van der Waals surface area contributed by atoms with Crippen molar-refractivity contribution in [2.24, 2.45) is 5.10 Å². The molecule has 0 bridgehead atoms. The lowest BCUT2D eigenvalue weighted by Crippen LogP contribution is -2.19. The van der Waals surface area contributed by atoms with Gasteiger partial charge >= 0.3 is 0 Å². The largest absolute Gasteiger partial charge is 0.318 e. The van der Waals surface area contributed by atoms with Crippen molar-refractivity contribution in [3.8, 4) is 5.69 Å². The van der Waals surface area contributed by atoms with E-state index < -0.39 is 0 Å². The number of halogens is 1. The molecule has 0 fully saturated rings. The molecule has 0 unspecified atom stereocenters. The van der Waals surface area contributed by atoms with Crippen LogP contribution in [0.2, 0.25) is 0 Å². The van der Waals surface area contributed by atoms with Crippen LogP contribution in [0.25, 0.3) is 5.69 Å². The first-order valence-corrected chi connectivity index (χ1v) is 11.7. The molecular formula is C24H26BrN3OS. The number of thioether (sulfide) groups is 1. The molecule has 0 spiro atoms. The standard InChI is InChI=1S/C24H26BrN3OS/c1-16-8-17(2)10-20(9-16)14-30-15-24(29)27-26-13-21-11-18(3)28(19(21)4)23-7-5-6-22(25)12-23/h5-13H,14-15H2,1-4H3,(H,27,29)/b26-13-. The molecule has 1 heterocycles. The van der Waals surface area contributed by atoms with Gasteiger partial charge in [-0.25, -0.2) is 5.43 Å². The highest BCUT2D eigenvalue weighted by atomic mass is 79.9. The average Bonchev–Trinajstić information content (AvgIpc) is 2.94. The fourth-order valence-electron chi connectivity index (χ4n) is 3.55. The minimum absolute atomic E-state index is 0.0959. The van der Waals surface area contributed by atoms with Gasteiger partial charge in [0.1, 0.15) is 0 Å². The highest BCUT2D eigenvalue weighted by molar-refractivity contribution is 9.10. The second kappa shape index (κ2) is 10.1. The van der Waals surface area contributed by atoms with Crippen LogP contribution >= 0.6 is 27.7 Å². The quantitative estimate of drug-likeness (QED) is 0.338. The van der Waals surface area contributed by atoms with Crippen molar-refractivity contribution in [1.29, 1.82) is 0 Å². The number of nitrogens with one attached hydrogen (secondary N) is 1. The number of amides is 1. The zero-order chi connectivity index (χ0) is 21.7. The molecule has 0 aliphatic rings. The first kappa shape index (κ1) is 22.4. The van der Waals surface area contributed by atoms with Crippen molar-refractivity contribution < 1.29 is 4.79 Å². The maximum Gasteiger partial charge on any atom is 0.250 e. The Labute approximate surface area is 190 Å². The molecule has 1 N–H and O–H groups in total. The third-order valence-electron chi connectivity index (χ3n) is 4.71. The number of aryl methyl sites for hydroxylation is 3. The lowest BCUT2D eigenvalue weighted by atomic mass is 10.1. The fourth-order valence-corrected chi connectivity index (χ4v) is 4.69. The van der Waals surface area contributed by atoms with Crippen molar-refractivity contribution in [1.82, 2.24) is 9.99 Å². The number of carbonyl (C=O) groups excluding carboxylic acids is 1. The molecule has 0 saturated heterocycles. The van der Waals surface area contributed by atoms with Gasteiger partial charge in [0.2, 0.25) is 5.91 Å². The van der Waals surface area contributed by atoms with Gasteiger partial charge in [0, 0.05) is 32.9 Å². The van der Waals surface area contributed by atoms with E-state index >= 15 is 0 Å². The number of benzene rings is 2. The Morgan fingerprint density at radius 2 is 1.83 bits per heavy atom. The van der Waals surface area contributed by atoms with Crippen molar-refractivity contribution in [2.75, 3.05) is 5.75 Å². The van der Waals surface area contributed by atoms with Crippen molar-refractivity contribution in [2.45, 2.75) is 33.4 Å². The summed E-state index contributed by atoms with van der Waals surface area (Å²) in [6, 6.07) is 16.7. The van der Waals surface area contributed by atoms with Gasteiger partial charge in [0.25, 0.3) is 0 Å². The minimum atomic E-state index is -0.0959. The van der Waals surface area contributed by atoms with Crippen LogP contribution in [-0.2, 0) is 10.5 Å². The summed E-state index contributed by atoms with van der Waals surface area (Å²) in [5.41, 5.74) is 10.6. The van der Waals surface area contributed by atoms with Crippen LogP contribution in [0.5, 0.6) is 0 Å². The number of hydrazone groups is 1. The molecule has 6 heteroatoms. The zero-order valence-corrected chi connectivity index (χ0v) is 20.1. The topological polar surface area (TPSA) is 46.4 Å². The van der Waals surface area contributed by atoms with E-state index in [0.29, 0.717) is 5.75 Å². The molecule has 1 aromatic heterocycles. The highest BCUT2D eigenvalue weighted by Gasteiger charge is 2.10.